The number of aliphatic carboxylic acids is 1. The van der Waals surface area contributed by atoms with Crippen LogP contribution in [0.15, 0.2) is 23.1 Å². The summed E-state index contributed by atoms with van der Waals surface area (Å²) in [5.41, 5.74) is 2.27. The van der Waals surface area contributed by atoms with E-state index in [1.165, 1.54) is 17.3 Å². The summed E-state index contributed by atoms with van der Waals surface area (Å²) in [6, 6.07) is 4.20. The molecule has 5 nitrogen and oxygen atoms in total. The van der Waals surface area contributed by atoms with Crippen LogP contribution in [-0.2, 0) is 27.7 Å². The SMILES string of the molecule is CC1SCC(C(=O)O)N1S(=O)(=O)c1ccc2c(c1)CCC2. The van der Waals surface area contributed by atoms with Crippen molar-refractivity contribution in [1.82, 2.24) is 4.31 Å². The van der Waals surface area contributed by atoms with E-state index < -0.39 is 22.0 Å². The number of carbonyl (C=O) groups is 1. The second-order valence-corrected chi connectivity index (χ2v) is 8.60. The van der Waals surface area contributed by atoms with E-state index >= 15 is 0 Å². The Balaban J connectivity index is 2.01. The van der Waals surface area contributed by atoms with Crippen LogP contribution in [0.2, 0.25) is 0 Å². The van der Waals surface area contributed by atoms with E-state index in [9.17, 15) is 18.3 Å². The maximum absolute atomic E-state index is 12.8. The number of carboxylic acids is 1. The summed E-state index contributed by atoms with van der Waals surface area (Å²) in [4.78, 5) is 11.5. The Morgan fingerprint density at radius 3 is 2.76 bits per heavy atom. The number of fused-ring (bicyclic) bond motifs is 1. The number of aryl methyl sites for hydroxylation is 2. The first-order valence-corrected chi connectivity index (χ1v) is 9.40. The fourth-order valence-corrected chi connectivity index (χ4v) is 6.34. The lowest BCUT2D eigenvalue weighted by molar-refractivity contribution is -0.140. The lowest BCUT2D eigenvalue weighted by Gasteiger charge is -2.24. The number of hydrogen-bond donors (Lipinski definition) is 1. The van der Waals surface area contributed by atoms with Crippen molar-refractivity contribution in [2.24, 2.45) is 0 Å². The molecule has 114 valence electrons. The molecule has 1 heterocycles. The lowest BCUT2D eigenvalue weighted by atomic mass is 10.1. The van der Waals surface area contributed by atoms with Crippen molar-refractivity contribution in [3.8, 4) is 0 Å². The smallest absolute Gasteiger partial charge is 0.322 e. The third-order valence-corrected chi connectivity index (χ3v) is 7.42. The summed E-state index contributed by atoms with van der Waals surface area (Å²) < 4.78 is 26.8. The standard InChI is InChI=1S/C14H17NO4S2/c1-9-15(13(8-20-9)14(16)17)21(18,19)12-6-5-10-3-2-4-11(10)7-12/h5-7,9,13H,2-4,8H2,1H3,(H,16,17). The molecule has 1 aliphatic carbocycles. The minimum Gasteiger partial charge on any atom is -0.480 e. The van der Waals surface area contributed by atoms with Gasteiger partial charge in [0.1, 0.15) is 6.04 Å². The molecule has 1 aliphatic heterocycles. The topological polar surface area (TPSA) is 74.7 Å². The van der Waals surface area contributed by atoms with E-state index in [4.69, 9.17) is 0 Å². The largest absolute Gasteiger partial charge is 0.480 e. The number of carboxylic acid groups (broad SMARTS) is 1. The lowest BCUT2D eigenvalue weighted by Crippen LogP contribution is -2.44. The van der Waals surface area contributed by atoms with Gasteiger partial charge in [-0.15, -0.1) is 11.8 Å². The van der Waals surface area contributed by atoms with Crippen LogP contribution in [0.3, 0.4) is 0 Å². The molecule has 3 rings (SSSR count). The Labute approximate surface area is 128 Å². The second-order valence-electron chi connectivity index (χ2n) is 5.41. The molecule has 2 atom stereocenters. The fourth-order valence-electron chi connectivity index (χ4n) is 3.00. The summed E-state index contributed by atoms with van der Waals surface area (Å²) >= 11 is 1.35. The summed E-state index contributed by atoms with van der Waals surface area (Å²) in [5, 5.41) is 8.89. The zero-order valence-electron chi connectivity index (χ0n) is 11.7. The van der Waals surface area contributed by atoms with Crippen molar-refractivity contribution >= 4 is 27.8 Å². The molecule has 1 N–H and O–H groups in total. The molecule has 0 spiro atoms. The average molecular weight is 327 g/mol. The Morgan fingerprint density at radius 2 is 2.05 bits per heavy atom. The van der Waals surface area contributed by atoms with E-state index in [1.807, 2.05) is 6.07 Å². The third-order valence-electron chi connectivity index (χ3n) is 4.09. The second kappa shape index (κ2) is 5.30. The van der Waals surface area contributed by atoms with Crippen molar-refractivity contribution in [2.45, 2.75) is 42.5 Å². The first kappa shape index (κ1) is 14.9. The minimum absolute atomic E-state index is 0.212. The Hall–Kier alpha value is -1.05. The van der Waals surface area contributed by atoms with Crippen molar-refractivity contribution in [3.63, 3.8) is 0 Å². The van der Waals surface area contributed by atoms with Gasteiger partial charge in [-0.05, 0) is 49.4 Å². The van der Waals surface area contributed by atoms with Gasteiger partial charge < -0.3 is 5.11 Å². The molecule has 0 saturated carbocycles. The first-order chi connectivity index (χ1) is 9.91. The van der Waals surface area contributed by atoms with Gasteiger partial charge in [-0.2, -0.15) is 4.31 Å². The van der Waals surface area contributed by atoms with Crippen molar-refractivity contribution < 1.29 is 18.3 Å². The predicted molar refractivity (Wildman–Crippen MR) is 80.8 cm³/mol. The highest BCUT2D eigenvalue weighted by Crippen LogP contribution is 2.35. The van der Waals surface area contributed by atoms with Crippen LogP contribution in [-0.4, -0.2) is 41.0 Å². The van der Waals surface area contributed by atoms with Crippen molar-refractivity contribution in [1.29, 1.82) is 0 Å². The molecule has 0 bridgehead atoms. The summed E-state index contributed by atoms with van der Waals surface area (Å²) in [6.45, 7) is 1.73. The molecule has 2 aliphatic rings. The molecule has 1 fully saturated rings. The zero-order valence-corrected chi connectivity index (χ0v) is 13.3. The number of nitrogens with zero attached hydrogens (tertiary/aromatic N) is 1. The van der Waals surface area contributed by atoms with Crippen LogP contribution in [0.25, 0.3) is 0 Å². The van der Waals surface area contributed by atoms with Crippen molar-refractivity contribution in [2.75, 3.05) is 5.75 Å². The normalized spacial score (nSPS) is 26.0. The molecule has 1 saturated heterocycles. The summed E-state index contributed by atoms with van der Waals surface area (Å²) in [7, 11) is -3.77. The Bertz CT molecular complexity index is 686. The van der Waals surface area contributed by atoms with Crippen LogP contribution in [0.5, 0.6) is 0 Å². The molecule has 0 radical (unpaired) electrons. The zero-order chi connectivity index (χ0) is 15.2. The van der Waals surface area contributed by atoms with Gasteiger partial charge in [-0.3, -0.25) is 4.79 Å². The third kappa shape index (κ3) is 2.47. The fraction of sp³-hybridized carbons (Fsp3) is 0.500. The van der Waals surface area contributed by atoms with Gasteiger partial charge in [0.25, 0.3) is 0 Å². The number of rotatable bonds is 3. The van der Waals surface area contributed by atoms with E-state index in [0.29, 0.717) is 5.75 Å². The molecule has 21 heavy (non-hydrogen) atoms. The van der Waals surface area contributed by atoms with E-state index in [2.05, 4.69) is 0 Å². The van der Waals surface area contributed by atoms with Gasteiger partial charge in [0.05, 0.1) is 10.3 Å². The van der Waals surface area contributed by atoms with Gasteiger partial charge in [-0.25, -0.2) is 8.42 Å². The molecular weight excluding hydrogens is 310 g/mol. The molecule has 1 aromatic carbocycles. The molecule has 1 aromatic rings. The molecular formula is C14H17NO4S2. The van der Waals surface area contributed by atoms with Crippen LogP contribution >= 0.6 is 11.8 Å². The molecule has 0 aromatic heterocycles. The average Bonchev–Trinajstić information content (AvgIpc) is 3.03. The van der Waals surface area contributed by atoms with Gasteiger partial charge in [0.15, 0.2) is 0 Å². The van der Waals surface area contributed by atoms with E-state index in [-0.39, 0.29) is 10.3 Å². The summed E-state index contributed by atoms with van der Waals surface area (Å²) in [6.07, 6.45) is 2.93. The van der Waals surface area contributed by atoms with Crippen LogP contribution in [0.1, 0.15) is 24.5 Å². The van der Waals surface area contributed by atoms with Gasteiger partial charge >= 0.3 is 5.97 Å². The van der Waals surface area contributed by atoms with Gasteiger partial charge in [-0.1, -0.05) is 6.07 Å². The van der Waals surface area contributed by atoms with Crippen molar-refractivity contribution in [3.05, 3.63) is 29.3 Å². The Morgan fingerprint density at radius 1 is 1.33 bits per heavy atom. The number of sulfonamides is 1. The first-order valence-electron chi connectivity index (χ1n) is 6.91. The van der Waals surface area contributed by atoms with Crippen LogP contribution < -0.4 is 0 Å². The highest BCUT2D eigenvalue weighted by Gasteiger charge is 2.44. The maximum Gasteiger partial charge on any atom is 0.322 e. The van der Waals surface area contributed by atoms with Gasteiger partial charge in [0.2, 0.25) is 10.0 Å². The number of hydrogen-bond acceptors (Lipinski definition) is 4. The quantitative estimate of drug-likeness (QED) is 0.915. The monoisotopic (exact) mass is 327 g/mol. The summed E-state index contributed by atoms with van der Waals surface area (Å²) in [5.74, 6) is -0.794. The molecule has 0 amide bonds. The Kier molecular flexibility index (Phi) is 3.75. The van der Waals surface area contributed by atoms with E-state index in [1.54, 1.807) is 19.1 Å². The number of benzene rings is 1. The predicted octanol–water partition coefficient (Wildman–Crippen LogP) is 1.71. The highest BCUT2D eigenvalue weighted by atomic mass is 32.2. The van der Waals surface area contributed by atoms with Gasteiger partial charge in [0, 0.05) is 5.75 Å². The van der Waals surface area contributed by atoms with Crippen LogP contribution in [0, 0.1) is 0 Å². The maximum atomic E-state index is 12.8. The minimum atomic E-state index is -3.77. The number of thioether (sulfide) groups is 1. The van der Waals surface area contributed by atoms with Crippen LogP contribution in [0.4, 0.5) is 0 Å². The molecule has 7 heteroatoms. The van der Waals surface area contributed by atoms with E-state index in [0.717, 1.165) is 29.1 Å². The highest BCUT2D eigenvalue weighted by molar-refractivity contribution is 8.01. The molecule has 2 unspecified atom stereocenters.